The van der Waals surface area contributed by atoms with E-state index in [-0.39, 0.29) is 18.4 Å². The molecule has 0 aromatic heterocycles. The lowest BCUT2D eigenvalue weighted by Crippen LogP contribution is -2.10. The third-order valence-electron chi connectivity index (χ3n) is 2.99. The fourth-order valence-electron chi connectivity index (χ4n) is 2.07. The zero-order valence-electron chi connectivity index (χ0n) is 11.2. The molecular weight excluding hydrogens is 254 g/mol. The normalized spacial score (nSPS) is 11.5. The molecule has 0 radical (unpaired) electrons. The summed E-state index contributed by atoms with van der Waals surface area (Å²) in [5, 5.41) is 0. The molecule has 0 aliphatic heterocycles. The van der Waals surface area contributed by atoms with E-state index in [4.69, 9.17) is 5.73 Å². The van der Waals surface area contributed by atoms with Crippen molar-refractivity contribution < 1.29 is 0 Å². The van der Waals surface area contributed by atoms with Gasteiger partial charge in [0.15, 0.2) is 0 Å². The maximum Gasteiger partial charge on any atom is 0.0332 e. The number of hydrogen-bond acceptors (Lipinski definition) is 1. The number of benzene rings is 2. The highest BCUT2D eigenvalue weighted by Crippen LogP contribution is 2.24. The first-order chi connectivity index (χ1) is 8.66. The first-order valence-electron chi connectivity index (χ1n) is 6.22. The van der Waals surface area contributed by atoms with E-state index in [0.29, 0.717) is 0 Å². The van der Waals surface area contributed by atoms with Gasteiger partial charge in [0.25, 0.3) is 0 Å². The molecular formula is C17H20ClN. The first kappa shape index (κ1) is 15.5. The van der Waals surface area contributed by atoms with Gasteiger partial charge in [-0.1, -0.05) is 54.1 Å². The van der Waals surface area contributed by atoms with Gasteiger partial charge in [0.2, 0.25) is 0 Å². The topological polar surface area (TPSA) is 26.0 Å². The van der Waals surface area contributed by atoms with Crippen LogP contribution in [-0.4, -0.2) is 0 Å². The molecule has 2 aromatic carbocycles. The predicted molar refractivity (Wildman–Crippen MR) is 85.5 cm³/mol. The van der Waals surface area contributed by atoms with Crippen molar-refractivity contribution >= 4 is 12.4 Å². The lowest BCUT2D eigenvalue weighted by atomic mass is 9.97. The Balaban J connectivity index is 0.00000180. The third-order valence-corrected chi connectivity index (χ3v) is 2.99. The molecule has 2 heteroatoms. The maximum atomic E-state index is 6.18. The van der Waals surface area contributed by atoms with Gasteiger partial charge in [0, 0.05) is 6.04 Å². The zero-order valence-corrected chi connectivity index (χ0v) is 12.0. The van der Waals surface area contributed by atoms with E-state index >= 15 is 0 Å². The van der Waals surface area contributed by atoms with Gasteiger partial charge in [-0.15, -0.1) is 19.0 Å². The SMILES string of the molecule is C=C(C)C[C@@H](N)c1cccc(-c2ccccc2)c1.Cl. The van der Waals surface area contributed by atoms with E-state index in [1.165, 1.54) is 16.7 Å². The average Bonchev–Trinajstić information content (AvgIpc) is 2.39. The van der Waals surface area contributed by atoms with E-state index < -0.39 is 0 Å². The van der Waals surface area contributed by atoms with E-state index in [0.717, 1.165) is 12.0 Å². The van der Waals surface area contributed by atoms with Crippen LogP contribution in [0.4, 0.5) is 0 Å². The summed E-state index contributed by atoms with van der Waals surface area (Å²) in [5.41, 5.74) is 10.9. The Morgan fingerprint density at radius 3 is 2.32 bits per heavy atom. The molecule has 2 rings (SSSR count). The molecule has 0 aliphatic rings. The third kappa shape index (κ3) is 4.23. The molecule has 1 atom stereocenters. The van der Waals surface area contributed by atoms with Crippen LogP contribution < -0.4 is 5.73 Å². The average molecular weight is 274 g/mol. The van der Waals surface area contributed by atoms with Gasteiger partial charge in [-0.3, -0.25) is 0 Å². The van der Waals surface area contributed by atoms with E-state index in [1.54, 1.807) is 0 Å². The highest BCUT2D eigenvalue weighted by atomic mass is 35.5. The lowest BCUT2D eigenvalue weighted by Gasteiger charge is -2.13. The Bertz CT molecular complexity index is 534. The summed E-state index contributed by atoms with van der Waals surface area (Å²) in [5.74, 6) is 0. The van der Waals surface area contributed by atoms with Crippen molar-refractivity contribution in [3.63, 3.8) is 0 Å². The van der Waals surface area contributed by atoms with Crippen molar-refractivity contribution in [2.75, 3.05) is 0 Å². The number of nitrogens with two attached hydrogens (primary N) is 1. The molecule has 0 amide bonds. The summed E-state index contributed by atoms with van der Waals surface area (Å²) in [6.45, 7) is 5.94. The summed E-state index contributed by atoms with van der Waals surface area (Å²) < 4.78 is 0. The Kier molecular flexibility index (Phi) is 5.81. The number of rotatable bonds is 4. The fourth-order valence-corrected chi connectivity index (χ4v) is 2.07. The molecule has 0 saturated heterocycles. The van der Waals surface area contributed by atoms with Gasteiger partial charge in [-0.25, -0.2) is 0 Å². The maximum absolute atomic E-state index is 6.18. The lowest BCUT2D eigenvalue weighted by molar-refractivity contribution is 0.717. The molecule has 2 N–H and O–H groups in total. The summed E-state index contributed by atoms with van der Waals surface area (Å²) in [4.78, 5) is 0. The van der Waals surface area contributed by atoms with E-state index in [1.807, 2.05) is 13.0 Å². The highest BCUT2D eigenvalue weighted by molar-refractivity contribution is 5.85. The smallest absolute Gasteiger partial charge is 0.0332 e. The first-order valence-corrected chi connectivity index (χ1v) is 6.22. The fraction of sp³-hybridized carbons (Fsp3) is 0.176. The van der Waals surface area contributed by atoms with Crippen LogP contribution in [0.5, 0.6) is 0 Å². The van der Waals surface area contributed by atoms with Crippen molar-refractivity contribution in [2.45, 2.75) is 19.4 Å². The van der Waals surface area contributed by atoms with E-state index in [9.17, 15) is 0 Å². The second-order valence-corrected chi connectivity index (χ2v) is 4.76. The van der Waals surface area contributed by atoms with Crippen molar-refractivity contribution in [1.82, 2.24) is 0 Å². The van der Waals surface area contributed by atoms with Crippen LogP contribution in [0.25, 0.3) is 11.1 Å². The summed E-state index contributed by atoms with van der Waals surface area (Å²) in [7, 11) is 0. The van der Waals surface area contributed by atoms with Crippen molar-refractivity contribution in [3.05, 3.63) is 72.3 Å². The number of hydrogen-bond donors (Lipinski definition) is 1. The van der Waals surface area contributed by atoms with Gasteiger partial charge in [-0.2, -0.15) is 0 Å². The molecule has 2 aromatic rings. The van der Waals surface area contributed by atoms with Gasteiger partial charge >= 0.3 is 0 Å². The van der Waals surface area contributed by atoms with Crippen LogP contribution in [0, 0.1) is 0 Å². The monoisotopic (exact) mass is 273 g/mol. The van der Waals surface area contributed by atoms with Crippen LogP contribution in [0.15, 0.2) is 66.7 Å². The van der Waals surface area contributed by atoms with Crippen LogP contribution >= 0.6 is 12.4 Å². The van der Waals surface area contributed by atoms with Gasteiger partial charge in [-0.05, 0) is 36.1 Å². The minimum absolute atomic E-state index is 0. The van der Waals surface area contributed by atoms with Gasteiger partial charge in [0.05, 0.1) is 0 Å². The van der Waals surface area contributed by atoms with Gasteiger partial charge in [0.1, 0.15) is 0 Å². The Labute approximate surface area is 121 Å². The van der Waals surface area contributed by atoms with Crippen molar-refractivity contribution in [2.24, 2.45) is 5.73 Å². The zero-order chi connectivity index (χ0) is 13.0. The van der Waals surface area contributed by atoms with Crippen molar-refractivity contribution in [3.8, 4) is 11.1 Å². The molecule has 100 valence electrons. The minimum Gasteiger partial charge on any atom is -0.324 e. The Morgan fingerprint density at radius 1 is 1.05 bits per heavy atom. The quantitative estimate of drug-likeness (QED) is 0.800. The molecule has 0 unspecified atom stereocenters. The standard InChI is InChI=1S/C17H19N.ClH/c1-13(2)11-17(18)16-10-6-9-15(12-16)14-7-4-3-5-8-14;/h3-10,12,17H,1,11,18H2,2H3;1H/t17-;/m1./s1. The second-order valence-electron chi connectivity index (χ2n) is 4.76. The van der Waals surface area contributed by atoms with Crippen LogP contribution in [0.1, 0.15) is 24.9 Å². The predicted octanol–water partition coefficient (Wildman–Crippen LogP) is 4.74. The van der Waals surface area contributed by atoms with Gasteiger partial charge < -0.3 is 5.73 Å². The molecule has 0 aliphatic carbocycles. The molecule has 0 spiro atoms. The molecule has 19 heavy (non-hydrogen) atoms. The van der Waals surface area contributed by atoms with E-state index in [2.05, 4.69) is 55.1 Å². The molecule has 1 nitrogen and oxygen atoms in total. The largest absolute Gasteiger partial charge is 0.324 e. The highest BCUT2D eigenvalue weighted by Gasteiger charge is 2.07. The minimum atomic E-state index is 0. The Morgan fingerprint density at radius 2 is 1.68 bits per heavy atom. The number of halogens is 1. The van der Waals surface area contributed by atoms with Crippen LogP contribution in [0.2, 0.25) is 0 Å². The Hall–Kier alpha value is -1.57. The summed E-state index contributed by atoms with van der Waals surface area (Å²) in [6, 6.07) is 18.8. The second kappa shape index (κ2) is 7.13. The molecule has 0 bridgehead atoms. The van der Waals surface area contributed by atoms with Crippen LogP contribution in [0.3, 0.4) is 0 Å². The van der Waals surface area contributed by atoms with Crippen LogP contribution in [-0.2, 0) is 0 Å². The summed E-state index contributed by atoms with van der Waals surface area (Å²) >= 11 is 0. The molecule has 0 heterocycles. The molecule has 0 fully saturated rings. The molecule has 0 saturated carbocycles. The van der Waals surface area contributed by atoms with Crippen molar-refractivity contribution in [1.29, 1.82) is 0 Å². The summed E-state index contributed by atoms with van der Waals surface area (Å²) in [6.07, 6.45) is 0.832.